The van der Waals surface area contributed by atoms with Crippen LogP contribution in [0.5, 0.6) is 0 Å². The highest BCUT2D eigenvalue weighted by Crippen LogP contribution is 2.28. The molecular weight excluding hydrogens is 360 g/mol. The van der Waals surface area contributed by atoms with Gasteiger partial charge in [0.25, 0.3) is 11.8 Å². The maximum absolute atomic E-state index is 12.7. The van der Waals surface area contributed by atoms with Gasteiger partial charge in [0.2, 0.25) is 11.8 Å². The van der Waals surface area contributed by atoms with Crippen LogP contribution >= 0.6 is 0 Å². The molecule has 4 amide bonds. The first kappa shape index (κ1) is 19.8. The fourth-order valence-electron chi connectivity index (χ4n) is 3.39. The van der Waals surface area contributed by atoms with Gasteiger partial charge in [0.05, 0.1) is 11.1 Å². The maximum Gasteiger partial charge on any atom is 0.262 e. The predicted molar refractivity (Wildman–Crippen MR) is 100 cm³/mol. The lowest BCUT2D eigenvalue weighted by Crippen LogP contribution is -2.54. The number of carbonyl (C=O) groups is 4. The zero-order valence-electron chi connectivity index (χ0n) is 15.5. The summed E-state index contributed by atoms with van der Waals surface area (Å²) >= 11 is 0. The van der Waals surface area contributed by atoms with E-state index in [2.05, 4.69) is 17.2 Å². The molecule has 0 aromatic heterocycles. The summed E-state index contributed by atoms with van der Waals surface area (Å²) < 4.78 is 0. The summed E-state index contributed by atoms with van der Waals surface area (Å²) in [5.74, 6) is 4.01. The number of nitrogens with one attached hydrogen (secondary N) is 1. The van der Waals surface area contributed by atoms with Crippen LogP contribution in [-0.4, -0.2) is 46.3 Å². The molecule has 1 fully saturated rings. The molecule has 0 radical (unpaired) electrons. The number of amides is 4. The molecule has 1 aromatic carbocycles. The van der Waals surface area contributed by atoms with Crippen molar-refractivity contribution in [1.29, 1.82) is 0 Å². The summed E-state index contributed by atoms with van der Waals surface area (Å²) in [5, 5.41) is 10.9. The van der Waals surface area contributed by atoms with Crippen molar-refractivity contribution in [3.8, 4) is 11.8 Å². The number of piperidine rings is 1. The average Bonchev–Trinajstić information content (AvgIpc) is 2.92. The quantitative estimate of drug-likeness (QED) is 0.440. The minimum absolute atomic E-state index is 0.0961. The molecule has 2 heterocycles. The van der Waals surface area contributed by atoms with E-state index in [4.69, 9.17) is 5.11 Å². The van der Waals surface area contributed by atoms with E-state index in [0.717, 1.165) is 37.0 Å². The van der Waals surface area contributed by atoms with E-state index in [-0.39, 0.29) is 30.6 Å². The van der Waals surface area contributed by atoms with Gasteiger partial charge >= 0.3 is 0 Å². The van der Waals surface area contributed by atoms with Crippen LogP contribution in [0.3, 0.4) is 0 Å². The maximum atomic E-state index is 12.7. The van der Waals surface area contributed by atoms with E-state index in [1.165, 1.54) is 0 Å². The van der Waals surface area contributed by atoms with Crippen LogP contribution in [0.25, 0.3) is 0 Å². The second-order valence-corrected chi connectivity index (χ2v) is 6.90. The number of hydrogen-bond donors (Lipinski definition) is 2. The standard InChI is InChI=1S/C21H22N2O5/c24-12-6-4-2-1-3-5-7-14-8-9-15-16(13-14)21(28)23(20(15)27)17-10-11-18(25)22-19(17)26/h8-9,13,17,24H,1-4,6,10-12H2,(H,22,25,26). The van der Waals surface area contributed by atoms with Gasteiger partial charge in [-0.2, -0.15) is 0 Å². The lowest BCUT2D eigenvalue weighted by molar-refractivity contribution is -0.136. The molecule has 2 N–H and O–H groups in total. The zero-order valence-corrected chi connectivity index (χ0v) is 15.5. The zero-order chi connectivity index (χ0) is 20.1. The predicted octanol–water partition coefficient (Wildman–Crippen LogP) is 1.38. The summed E-state index contributed by atoms with van der Waals surface area (Å²) in [5.41, 5.74) is 1.13. The summed E-state index contributed by atoms with van der Waals surface area (Å²) in [6.07, 6.45) is 4.68. The molecule has 1 atom stereocenters. The first-order valence-corrected chi connectivity index (χ1v) is 9.48. The number of imide groups is 2. The van der Waals surface area contributed by atoms with Crippen molar-refractivity contribution in [3.63, 3.8) is 0 Å². The lowest BCUT2D eigenvalue weighted by atomic mass is 10.0. The Morgan fingerprint density at radius 3 is 2.54 bits per heavy atom. The average molecular weight is 382 g/mol. The molecule has 0 spiro atoms. The molecule has 2 aliphatic heterocycles. The Morgan fingerprint density at radius 2 is 1.79 bits per heavy atom. The van der Waals surface area contributed by atoms with Crippen LogP contribution in [-0.2, 0) is 9.59 Å². The van der Waals surface area contributed by atoms with Crippen LogP contribution in [0.15, 0.2) is 18.2 Å². The minimum atomic E-state index is -0.960. The van der Waals surface area contributed by atoms with Gasteiger partial charge in [0, 0.05) is 25.0 Å². The molecule has 1 aromatic rings. The fraction of sp³-hybridized carbons (Fsp3) is 0.429. The van der Waals surface area contributed by atoms with Crippen molar-refractivity contribution >= 4 is 23.6 Å². The molecule has 7 nitrogen and oxygen atoms in total. The van der Waals surface area contributed by atoms with Crippen LogP contribution in [0.4, 0.5) is 0 Å². The highest BCUT2D eigenvalue weighted by Gasteiger charge is 2.44. The number of carbonyl (C=O) groups excluding carboxylic acids is 4. The topological polar surface area (TPSA) is 104 Å². The second-order valence-electron chi connectivity index (χ2n) is 6.90. The van der Waals surface area contributed by atoms with E-state index in [0.29, 0.717) is 5.56 Å². The molecule has 2 aliphatic rings. The lowest BCUT2D eigenvalue weighted by Gasteiger charge is -2.27. The van der Waals surface area contributed by atoms with Gasteiger partial charge in [0.1, 0.15) is 6.04 Å². The van der Waals surface area contributed by atoms with Gasteiger partial charge in [-0.15, -0.1) is 0 Å². The number of nitrogens with zero attached hydrogens (tertiary/aromatic N) is 1. The number of unbranched alkanes of at least 4 members (excludes halogenated alkanes) is 4. The van der Waals surface area contributed by atoms with E-state index >= 15 is 0 Å². The van der Waals surface area contributed by atoms with E-state index in [1.807, 2.05) is 0 Å². The first-order valence-electron chi connectivity index (χ1n) is 9.48. The Bertz CT molecular complexity index is 881. The Hall–Kier alpha value is -2.98. The second kappa shape index (κ2) is 8.81. The van der Waals surface area contributed by atoms with Crippen LogP contribution in [0, 0.1) is 11.8 Å². The molecule has 1 saturated heterocycles. The Labute approximate surface area is 163 Å². The number of fused-ring (bicyclic) bond motifs is 1. The van der Waals surface area contributed by atoms with Crippen molar-refractivity contribution in [2.75, 3.05) is 6.61 Å². The molecule has 7 heteroatoms. The SMILES string of the molecule is O=C1CCC(N2C(=O)c3ccc(C#CCCCCCCO)cc3C2=O)C(=O)N1. The number of aliphatic hydroxyl groups is 1. The fourth-order valence-corrected chi connectivity index (χ4v) is 3.39. The van der Waals surface area contributed by atoms with E-state index in [9.17, 15) is 19.2 Å². The normalized spacial score (nSPS) is 18.6. The molecule has 0 bridgehead atoms. The van der Waals surface area contributed by atoms with Gasteiger partial charge in [0.15, 0.2) is 0 Å². The Morgan fingerprint density at radius 1 is 1.04 bits per heavy atom. The first-order chi connectivity index (χ1) is 13.5. The van der Waals surface area contributed by atoms with Crippen molar-refractivity contribution in [2.45, 2.75) is 51.0 Å². The van der Waals surface area contributed by atoms with Crippen molar-refractivity contribution in [3.05, 3.63) is 34.9 Å². The van der Waals surface area contributed by atoms with Gasteiger partial charge in [-0.05, 0) is 37.5 Å². The largest absolute Gasteiger partial charge is 0.396 e. The minimum Gasteiger partial charge on any atom is -0.396 e. The third kappa shape index (κ3) is 4.12. The van der Waals surface area contributed by atoms with Crippen LogP contribution in [0.1, 0.15) is 71.2 Å². The van der Waals surface area contributed by atoms with Crippen LogP contribution < -0.4 is 5.32 Å². The molecule has 146 valence electrons. The molecule has 0 aliphatic carbocycles. The third-order valence-electron chi connectivity index (χ3n) is 4.88. The number of hydrogen-bond acceptors (Lipinski definition) is 5. The van der Waals surface area contributed by atoms with E-state index in [1.54, 1.807) is 18.2 Å². The summed E-state index contributed by atoms with van der Waals surface area (Å²) in [7, 11) is 0. The van der Waals surface area contributed by atoms with Gasteiger partial charge in [-0.1, -0.05) is 24.7 Å². The third-order valence-corrected chi connectivity index (χ3v) is 4.88. The van der Waals surface area contributed by atoms with Crippen molar-refractivity contribution < 1.29 is 24.3 Å². The molecular formula is C21H22N2O5. The van der Waals surface area contributed by atoms with Gasteiger partial charge in [-0.25, -0.2) is 0 Å². The molecule has 3 rings (SSSR count). The molecule has 28 heavy (non-hydrogen) atoms. The number of rotatable bonds is 6. The Balaban J connectivity index is 1.68. The van der Waals surface area contributed by atoms with Gasteiger partial charge < -0.3 is 5.11 Å². The number of aliphatic hydroxyl groups excluding tert-OH is 1. The van der Waals surface area contributed by atoms with Crippen LogP contribution in [0.2, 0.25) is 0 Å². The highest BCUT2D eigenvalue weighted by molar-refractivity contribution is 6.23. The Kier molecular flexibility index (Phi) is 6.22. The van der Waals surface area contributed by atoms with Crippen molar-refractivity contribution in [1.82, 2.24) is 10.2 Å². The van der Waals surface area contributed by atoms with Gasteiger partial charge in [-0.3, -0.25) is 29.4 Å². The number of benzene rings is 1. The summed E-state index contributed by atoms with van der Waals surface area (Å²) in [4.78, 5) is 49.7. The molecule has 0 saturated carbocycles. The van der Waals surface area contributed by atoms with E-state index < -0.39 is 29.7 Å². The summed E-state index contributed by atoms with van der Waals surface area (Å²) in [6.45, 7) is 0.212. The smallest absolute Gasteiger partial charge is 0.262 e. The monoisotopic (exact) mass is 382 g/mol. The van der Waals surface area contributed by atoms with Crippen molar-refractivity contribution in [2.24, 2.45) is 0 Å². The highest BCUT2D eigenvalue weighted by atomic mass is 16.3. The molecule has 1 unspecified atom stereocenters. The summed E-state index contributed by atoms with van der Waals surface area (Å²) in [6, 6.07) is 3.88.